The van der Waals surface area contributed by atoms with Crippen LogP contribution in [0.2, 0.25) is 0 Å². The fourth-order valence-electron chi connectivity index (χ4n) is 9.79. The van der Waals surface area contributed by atoms with Crippen LogP contribution >= 0.6 is 0 Å². The number of rotatable bonds is 8. The van der Waals surface area contributed by atoms with Crippen molar-refractivity contribution in [1.29, 1.82) is 0 Å². The van der Waals surface area contributed by atoms with Gasteiger partial charge in [0.05, 0.1) is 11.4 Å². The van der Waals surface area contributed by atoms with Crippen molar-refractivity contribution in [2.45, 2.75) is 0 Å². The number of anilines is 3. The van der Waals surface area contributed by atoms with Crippen LogP contribution in [0.5, 0.6) is 0 Å². The first kappa shape index (κ1) is 38.2. The molecule has 65 heavy (non-hydrogen) atoms. The van der Waals surface area contributed by atoms with E-state index < -0.39 is 0 Å². The average molecular weight is 826 g/mol. The summed E-state index contributed by atoms with van der Waals surface area (Å²) in [6, 6.07) is 95.4. The lowest BCUT2D eigenvalue weighted by atomic mass is 9.93. The van der Waals surface area contributed by atoms with Crippen LogP contribution in [0, 0.1) is 0 Å². The Morgan fingerprint density at radius 3 is 1.03 bits per heavy atom. The van der Waals surface area contributed by atoms with Crippen molar-refractivity contribution in [2.75, 3.05) is 4.90 Å². The lowest BCUT2D eigenvalue weighted by Gasteiger charge is -2.30. The van der Waals surface area contributed by atoms with E-state index in [0.717, 1.165) is 33.8 Å². The van der Waals surface area contributed by atoms with E-state index in [1.807, 2.05) is 0 Å². The third-order valence-corrected chi connectivity index (χ3v) is 13.0. The minimum atomic E-state index is 1.08. The Labute approximate surface area is 379 Å². The molecule has 0 N–H and O–H groups in total. The van der Waals surface area contributed by atoms with E-state index in [2.05, 4.69) is 266 Å². The summed E-state index contributed by atoms with van der Waals surface area (Å²) in [4.78, 5) is 2.46. The van der Waals surface area contributed by atoms with Gasteiger partial charge in [0.25, 0.3) is 0 Å². The van der Waals surface area contributed by atoms with Gasteiger partial charge < -0.3 is 4.90 Å². The van der Waals surface area contributed by atoms with Crippen LogP contribution in [0.1, 0.15) is 0 Å². The van der Waals surface area contributed by atoms with E-state index in [1.54, 1.807) is 0 Å². The zero-order chi connectivity index (χ0) is 43.1. The maximum absolute atomic E-state index is 2.46. The normalized spacial score (nSPS) is 11.4. The summed E-state index contributed by atoms with van der Waals surface area (Å²) in [7, 11) is 0. The van der Waals surface area contributed by atoms with Gasteiger partial charge in [0, 0.05) is 16.8 Å². The van der Waals surface area contributed by atoms with Crippen molar-refractivity contribution < 1.29 is 0 Å². The molecule has 0 saturated heterocycles. The summed E-state index contributed by atoms with van der Waals surface area (Å²) in [6.45, 7) is 0. The molecule has 0 radical (unpaired) electrons. The first-order chi connectivity index (χ1) is 32.2. The molecule has 0 amide bonds. The standard InChI is InChI=1S/C64H43N/c1-3-15-44(16-4-1)53-41-54(45-17-5-2-6-18-45)43-55(42-53)46-31-35-56(36-32-46)65(63-25-13-11-23-61(63)51-33-37-59-49(39-51)29-27-47-19-7-9-21-57(47)59)64-26-14-12-24-62(64)52-34-38-60-50(40-52)30-28-48-20-8-10-22-58(48)60/h1-43H. The number of benzene rings is 12. The SMILES string of the molecule is c1ccc(-c2cc(-c3ccccc3)cc(-c3ccc(N(c4ccccc4-c4ccc5c(ccc6ccccc65)c4)c4ccccc4-c4ccc5c(ccc6ccccc65)c4)cc3)c2)cc1. The van der Waals surface area contributed by atoms with Crippen LogP contribution in [-0.2, 0) is 0 Å². The molecule has 12 aromatic rings. The van der Waals surface area contributed by atoms with E-state index in [4.69, 9.17) is 0 Å². The van der Waals surface area contributed by atoms with Crippen molar-refractivity contribution in [2.24, 2.45) is 0 Å². The highest BCUT2D eigenvalue weighted by Gasteiger charge is 2.21. The highest BCUT2D eigenvalue weighted by Crippen LogP contribution is 2.46. The number of nitrogens with zero attached hydrogens (tertiary/aromatic N) is 1. The predicted molar refractivity (Wildman–Crippen MR) is 278 cm³/mol. The average Bonchev–Trinajstić information content (AvgIpc) is 3.39. The Morgan fingerprint density at radius 1 is 0.200 bits per heavy atom. The van der Waals surface area contributed by atoms with Crippen LogP contribution in [-0.4, -0.2) is 0 Å². The Balaban J connectivity index is 1.03. The molecule has 304 valence electrons. The van der Waals surface area contributed by atoms with Gasteiger partial charge in [-0.15, -0.1) is 0 Å². The van der Waals surface area contributed by atoms with Gasteiger partial charge in [0.2, 0.25) is 0 Å². The number of fused-ring (bicyclic) bond motifs is 6. The van der Waals surface area contributed by atoms with E-state index in [0.29, 0.717) is 0 Å². The number of hydrogen-bond acceptors (Lipinski definition) is 1. The maximum Gasteiger partial charge on any atom is 0.0540 e. The first-order valence-corrected chi connectivity index (χ1v) is 22.4. The molecule has 0 unspecified atom stereocenters. The molecule has 0 aliphatic carbocycles. The van der Waals surface area contributed by atoms with Crippen LogP contribution in [0.15, 0.2) is 261 Å². The van der Waals surface area contributed by atoms with Gasteiger partial charge in [-0.1, -0.05) is 206 Å². The third-order valence-electron chi connectivity index (χ3n) is 13.0. The zero-order valence-corrected chi connectivity index (χ0v) is 35.8. The van der Waals surface area contributed by atoms with Crippen LogP contribution in [0.3, 0.4) is 0 Å². The van der Waals surface area contributed by atoms with E-state index in [9.17, 15) is 0 Å². The molecule has 0 fully saturated rings. The van der Waals surface area contributed by atoms with Crippen LogP contribution < -0.4 is 4.90 Å². The molecule has 0 atom stereocenters. The lowest BCUT2D eigenvalue weighted by molar-refractivity contribution is 1.28. The van der Waals surface area contributed by atoms with Crippen molar-refractivity contribution in [1.82, 2.24) is 0 Å². The quantitative estimate of drug-likeness (QED) is 0.138. The summed E-state index contributed by atoms with van der Waals surface area (Å²) in [6.07, 6.45) is 0. The number of hydrogen-bond donors (Lipinski definition) is 0. The monoisotopic (exact) mass is 825 g/mol. The van der Waals surface area contributed by atoms with Gasteiger partial charge in [-0.2, -0.15) is 0 Å². The molecular formula is C64H43N. The van der Waals surface area contributed by atoms with Gasteiger partial charge in [-0.3, -0.25) is 0 Å². The molecule has 0 spiro atoms. The molecule has 0 aliphatic heterocycles. The largest absolute Gasteiger partial charge is 0.309 e. The minimum absolute atomic E-state index is 1.08. The molecule has 0 saturated carbocycles. The van der Waals surface area contributed by atoms with Crippen molar-refractivity contribution >= 4 is 60.2 Å². The minimum Gasteiger partial charge on any atom is -0.309 e. The van der Waals surface area contributed by atoms with Gasteiger partial charge >= 0.3 is 0 Å². The first-order valence-electron chi connectivity index (χ1n) is 22.4. The number of para-hydroxylation sites is 2. The maximum atomic E-state index is 2.46. The van der Waals surface area contributed by atoms with Crippen LogP contribution in [0.4, 0.5) is 17.1 Å². The fourth-order valence-corrected chi connectivity index (χ4v) is 9.79. The molecule has 12 aromatic carbocycles. The highest BCUT2D eigenvalue weighted by atomic mass is 15.1. The van der Waals surface area contributed by atoms with Gasteiger partial charge in [-0.05, 0) is 142 Å². The molecule has 12 rings (SSSR count). The second kappa shape index (κ2) is 16.3. The Kier molecular flexibility index (Phi) is 9.58. The van der Waals surface area contributed by atoms with Gasteiger partial charge in [-0.25, -0.2) is 0 Å². The summed E-state index contributed by atoms with van der Waals surface area (Å²) >= 11 is 0. The van der Waals surface area contributed by atoms with E-state index >= 15 is 0 Å². The van der Waals surface area contributed by atoms with Crippen molar-refractivity contribution in [3.05, 3.63) is 261 Å². The highest BCUT2D eigenvalue weighted by molar-refractivity contribution is 6.10. The Morgan fingerprint density at radius 2 is 0.554 bits per heavy atom. The summed E-state index contributed by atoms with van der Waals surface area (Å²) in [5.74, 6) is 0. The van der Waals surface area contributed by atoms with Gasteiger partial charge in [0.1, 0.15) is 0 Å². The topological polar surface area (TPSA) is 3.24 Å². The zero-order valence-electron chi connectivity index (χ0n) is 35.8. The molecule has 0 bridgehead atoms. The van der Waals surface area contributed by atoms with Crippen molar-refractivity contribution in [3.8, 4) is 55.6 Å². The van der Waals surface area contributed by atoms with Gasteiger partial charge in [0.15, 0.2) is 0 Å². The van der Waals surface area contributed by atoms with Crippen molar-refractivity contribution in [3.63, 3.8) is 0 Å². The van der Waals surface area contributed by atoms with Crippen LogP contribution in [0.25, 0.3) is 98.7 Å². The summed E-state index contributed by atoms with van der Waals surface area (Å²) < 4.78 is 0. The Hall–Kier alpha value is -8.52. The van der Waals surface area contributed by atoms with E-state index in [-0.39, 0.29) is 0 Å². The molecular weight excluding hydrogens is 783 g/mol. The van der Waals surface area contributed by atoms with E-state index in [1.165, 1.54) is 82.0 Å². The molecule has 0 heterocycles. The second-order valence-corrected chi connectivity index (χ2v) is 16.9. The third kappa shape index (κ3) is 7.10. The molecule has 0 aromatic heterocycles. The summed E-state index contributed by atoms with van der Waals surface area (Å²) in [5, 5.41) is 10.0. The predicted octanol–water partition coefficient (Wildman–Crippen LogP) is 18.1. The smallest absolute Gasteiger partial charge is 0.0540 e. The fraction of sp³-hybridized carbons (Fsp3) is 0. The second-order valence-electron chi connectivity index (χ2n) is 16.9. The molecule has 0 aliphatic rings. The summed E-state index contributed by atoms with van der Waals surface area (Å²) in [5.41, 5.74) is 15.1. The molecule has 1 heteroatoms. The molecule has 1 nitrogen and oxygen atoms in total. The lowest BCUT2D eigenvalue weighted by Crippen LogP contribution is -2.12. The Bertz CT molecular complexity index is 3480.